The van der Waals surface area contributed by atoms with E-state index in [9.17, 15) is 4.57 Å². The SMILES string of the molecule is [B]C1CN(C(C)(C)C)CC(COCP(=O)(N(C)C)N2CCN(CC=C(C)C)CC2)O1. The van der Waals surface area contributed by atoms with Crippen LogP contribution >= 0.6 is 7.44 Å². The molecule has 0 spiro atoms. The molecule has 9 heteroatoms. The second kappa shape index (κ2) is 11.1. The van der Waals surface area contributed by atoms with Crippen LogP contribution in [0.5, 0.6) is 0 Å². The van der Waals surface area contributed by atoms with Crippen LogP contribution in [-0.2, 0) is 14.0 Å². The first kappa shape index (κ1) is 26.1. The average Bonchev–Trinajstić information content (AvgIpc) is 2.65. The number of morpholine rings is 1. The molecule has 0 amide bonds. The molecule has 2 fully saturated rings. The molecule has 0 N–H and O–H groups in total. The van der Waals surface area contributed by atoms with Crippen molar-refractivity contribution >= 4 is 15.3 Å². The van der Waals surface area contributed by atoms with Gasteiger partial charge in [-0.05, 0) is 48.7 Å². The lowest BCUT2D eigenvalue weighted by molar-refractivity contribution is -0.101. The summed E-state index contributed by atoms with van der Waals surface area (Å²) in [6, 6.07) is -0.318. The van der Waals surface area contributed by atoms with Gasteiger partial charge in [-0.1, -0.05) is 11.6 Å². The normalized spacial score (nSPS) is 27.2. The number of piperazine rings is 1. The van der Waals surface area contributed by atoms with Crippen LogP contribution in [0.15, 0.2) is 11.6 Å². The molecule has 2 rings (SSSR count). The molecule has 3 atom stereocenters. The van der Waals surface area contributed by atoms with Gasteiger partial charge in [0.15, 0.2) is 0 Å². The molecular formula is C21H42BN4O3P. The zero-order valence-electron chi connectivity index (χ0n) is 20.1. The molecule has 2 heterocycles. The summed E-state index contributed by atoms with van der Waals surface area (Å²) in [4.78, 5) is 4.73. The molecule has 0 aromatic rings. The molecule has 0 aliphatic carbocycles. The molecule has 2 aliphatic heterocycles. The Labute approximate surface area is 185 Å². The van der Waals surface area contributed by atoms with E-state index in [1.807, 2.05) is 18.8 Å². The summed E-state index contributed by atoms with van der Waals surface area (Å²) in [6.07, 6.45) is 2.35. The van der Waals surface area contributed by atoms with Gasteiger partial charge in [0.05, 0.1) is 12.7 Å². The maximum Gasteiger partial charge on any atom is 0.241 e. The average molecular weight is 440 g/mol. The van der Waals surface area contributed by atoms with Crippen LogP contribution in [0, 0.1) is 0 Å². The van der Waals surface area contributed by atoms with E-state index in [4.69, 9.17) is 17.3 Å². The molecular weight excluding hydrogens is 398 g/mol. The van der Waals surface area contributed by atoms with Crippen molar-refractivity contribution in [3.8, 4) is 0 Å². The zero-order valence-corrected chi connectivity index (χ0v) is 21.0. The predicted molar refractivity (Wildman–Crippen MR) is 125 cm³/mol. The third-order valence-electron chi connectivity index (χ3n) is 5.88. The summed E-state index contributed by atoms with van der Waals surface area (Å²) < 4.78 is 29.6. The number of rotatable bonds is 8. The van der Waals surface area contributed by atoms with Crippen LogP contribution in [0.25, 0.3) is 0 Å². The first-order valence-corrected chi connectivity index (χ1v) is 12.8. The van der Waals surface area contributed by atoms with Gasteiger partial charge >= 0.3 is 0 Å². The van der Waals surface area contributed by atoms with Crippen molar-refractivity contribution in [1.82, 2.24) is 19.1 Å². The maximum atomic E-state index is 13.8. The Morgan fingerprint density at radius 2 is 1.83 bits per heavy atom. The van der Waals surface area contributed by atoms with Crippen LogP contribution < -0.4 is 0 Å². The van der Waals surface area contributed by atoms with Crippen molar-refractivity contribution in [2.45, 2.75) is 52.3 Å². The topological polar surface area (TPSA) is 48.5 Å². The molecule has 2 saturated heterocycles. The summed E-state index contributed by atoms with van der Waals surface area (Å²) in [5.74, 6) is 0. The third-order valence-corrected chi connectivity index (χ3v) is 8.93. The Bertz CT molecular complexity index is 614. The maximum absolute atomic E-state index is 13.8. The summed E-state index contributed by atoms with van der Waals surface area (Å²) >= 11 is 0. The highest BCUT2D eigenvalue weighted by Crippen LogP contribution is 2.51. The fourth-order valence-corrected chi connectivity index (χ4v) is 5.86. The van der Waals surface area contributed by atoms with E-state index in [0.717, 1.165) is 39.3 Å². The van der Waals surface area contributed by atoms with Crippen LogP contribution in [0.4, 0.5) is 0 Å². The Kier molecular flexibility index (Phi) is 9.63. The number of nitrogens with zero attached hydrogens (tertiary/aromatic N) is 4. The van der Waals surface area contributed by atoms with E-state index in [2.05, 4.69) is 55.2 Å². The first-order valence-electron chi connectivity index (χ1n) is 11.0. The van der Waals surface area contributed by atoms with Gasteiger partial charge in [-0.2, -0.15) is 0 Å². The quantitative estimate of drug-likeness (QED) is 0.326. The van der Waals surface area contributed by atoms with Crippen LogP contribution in [0.2, 0.25) is 0 Å². The molecule has 2 aliphatic rings. The zero-order chi connectivity index (χ0) is 22.5. The molecule has 0 bridgehead atoms. The van der Waals surface area contributed by atoms with Crippen LogP contribution in [-0.4, -0.2) is 117 Å². The Hall–Kier alpha value is -0.205. The fraction of sp³-hybridized carbons (Fsp3) is 0.905. The number of allylic oxidation sites excluding steroid dienone is 1. The van der Waals surface area contributed by atoms with Crippen molar-refractivity contribution in [3.05, 3.63) is 11.6 Å². The van der Waals surface area contributed by atoms with E-state index >= 15 is 0 Å². The lowest BCUT2D eigenvalue weighted by Crippen LogP contribution is -2.56. The smallest absolute Gasteiger partial charge is 0.241 e. The van der Waals surface area contributed by atoms with Gasteiger partial charge in [-0.15, -0.1) is 0 Å². The van der Waals surface area contributed by atoms with Gasteiger partial charge in [0.1, 0.15) is 14.2 Å². The lowest BCUT2D eigenvalue weighted by Gasteiger charge is -2.44. The summed E-state index contributed by atoms with van der Waals surface area (Å²) in [6.45, 7) is 17.1. The fourth-order valence-electron chi connectivity index (χ4n) is 3.81. The molecule has 0 aromatic heterocycles. The highest BCUT2D eigenvalue weighted by molar-refractivity contribution is 7.58. The van der Waals surface area contributed by atoms with Gasteiger partial charge < -0.3 is 9.47 Å². The third kappa shape index (κ3) is 7.44. The summed E-state index contributed by atoms with van der Waals surface area (Å²) in [5, 5.41) is 0. The van der Waals surface area contributed by atoms with E-state index < -0.39 is 7.44 Å². The number of ether oxygens (including phenoxy) is 2. The molecule has 30 heavy (non-hydrogen) atoms. The molecule has 172 valence electrons. The van der Waals surface area contributed by atoms with Gasteiger partial charge in [-0.25, -0.2) is 9.34 Å². The Balaban J connectivity index is 1.88. The predicted octanol–water partition coefficient (Wildman–Crippen LogP) is 2.29. The van der Waals surface area contributed by atoms with Crippen molar-refractivity contribution in [2.75, 3.05) is 72.9 Å². The Morgan fingerprint density at radius 1 is 1.20 bits per heavy atom. The van der Waals surface area contributed by atoms with E-state index in [0.29, 0.717) is 13.2 Å². The second-order valence-electron chi connectivity index (χ2n) is 9.92. The van der Waals surface area contributed by atoms with Crippen molar-refractivity contribution in [2.24, 2.45) is 0 Å². The highest BCUT2D eigenvalue weighted by atomic mass is 31.2. The minimum Gasteiger partial charge on any atom is -0.380 e. The largest absolute Gasteiger partial charge is 0.380 e. The standard InChI is InChI=1S/C21H42BN4O3P/c1-18(2)8-9-24-10-12-26(13-11-24)30(27,23(6)7)17-28-16-19-14-25(21(3,4)5)15-20(22)29-19/h8,19-20H,9-17H2,1-7H3. The molecule has 3 unspecified atom stereocenters. The minimum atomic E-state index is -2.76. The van der Waals surface area contributed by atoms with Gasteiger partial charge in [0.25, 0.3) is 0 Å². The monoisotopic (exact) mass is 440 g/mol. The van der Waals surface area contributed by atoms with E-state index in [-0.39, 0.29) is 24.0 Å². The molecule has 2 radical (unpaired) electrons. The van der Waals surface area contributed by atoms with Crippen molar-refractivity contribution in [3.63, 3.8) is 0 Å². The van der Waals surface area contributed by atoms with Gasteiger partial charge in [0, 0.05) is 57.4 Å². The second-order valence-corrected chi connectivity index (χ2v) is 12.9. The summed E-state index contributed by atoms with van der Waals surface area (Å²) in [7, 11) is 7.10. The number of hydrogen-bond donors (Lipinski definition) is 0. The minimum absolute atomic E-state index is 0.0315. The van der Waals surface area contributed by atoms with Crippen LogP contribution in [0.3, 0.4) is 0 Å². The van der Waals surface area contributed by atoms with Crippen LogP contribution in [0.1, 0.15) is 34.6 Å². The van der Waals surface area contributed by atoms with Crippen molar-refractivity contribution in [1.29, 1.82) is 0 Å². The Morgan fingerprint density at radius 3 is 2.37 bits per heavy atom. The van der Waals surface area contributed by atoms with Crippen molar-refractivity contribution < 1.29 is 14.0 Å². The lowest BCUT2D eigenvalue weighted by atomic mass is 9.94. The molecule has 7 nitrogen and oxygen atoms in total. The number of hydrogen-bond acceptors (Lipinski definition) is 5. The van der Waals surface area contributed by atoms with Gasteiger partial charge in [-0.3, -0.25) is 14.4 Å². The van der Waals surface area contributed by atoms with Gasteiger partial charge in [0.2, 0.25) is 7.44 Å². The summed E-state index contributed by atoms with van der Waals surface area (Å²) in [5.41, 5.74) is 1.36. The molecule has 0 saturated carbocycles. The molecule has 0 aromatic carbocycles. The highest BCUT2D eigenvalue weighted by Gasteiger charge is 2.37. The van der Waals surface area contributed by atoms with E-state index in [1.54, 1.807) is 0 Å². The first-order chi connectivity index (χ1) is 13.9. The van der Waals surface area contributed by atoms with E-state index in [1.165, 1.54) is 5.57 Å².